The number of hydrogen-bond donors (Lipinski definition) is 0. The molecular weight excluding hydrogens is 399 g/mol. The molecule has 0 aliphatic carbocycles. The number of furan rings is 1. The van der Waals surface area contributed by atoms with E-state index in [0.717, 1.165) is 39.6 Å². The quantitative estimate of drug-likeness (QED) is 0.225. The molecule has 0 saturated carbocycles. The van der Waals surface area contributed by atoms with Crippen molar-refractivity contribution in [3.05, 3.63) is 71.2 Å². The summed E-state index contributed by atoms with van der Waals surface area (Å²) in [5, 5.41) is 3.07. The summed E-state index contributed by atoms with van der Waals surface area (Å²) in [6, 6.07) is 16.2. The van der Waals surface area contributed by atoms with Crippen LogP contribution in [0.25, 0.3) is 44.2 Å². The molecule has 0 atom stereocenters. The molecule has 0 N–H and O–H groups in total. The van der Waals surface area contributed by atoms with Gasteiger partial charge in [0.15, 0.2) is 5.58 Å². The number of halogens is 1. The highest BCUT2D eigenvalue weighted by molar-refractivity contribution is 6.09. The van der Waals surface area contributed by atoms with Gasteiger partial charge >= 0.3 is 0 Å². The molecule has 0 spiro atoms. The maximum Gasteiger partial charge on any atom is 0.229 e. The van der Waals surface area contributed by atoms with Gasteiger partial charge < -0.3 is 4.42 Å². The first-order valence-corrected chi connectivity index (χ1v) is 11.0. The van der Waals surface area contributed by atoms with Crippen molar-refractivity contribution in [2.75, 3.05) is 0 Å². The van der Waals surface area contributed by atoms with E-state index < -0.39 is 5.95 Å². The summed E-state index contributed by atoms with van der Waals surface area (Å²) in [7, 11) is 2.10. The molecule has 0 amide bonds. The van der Waals surface area contributed by atoms with E-state index in [-0.39, 0.29) is 5.41 Å². The normalized spacial score (nSPS) is 12.3. The van der Waals surface area contributed by atoms with Crippen LogP contribution < -0.4 is 4.57 Å². The van der Waals surface area contributed by atoms with E-state index in [9.17, 15) is 4.39 Å². The highest BCUT2D eigenvalue weighted by atomic mass is 19.1. The Bertz CT molecular complexity index is 1520. The summed E-state index contributed by atoms with van der Waals surface area (Å²) >= 11 is 0. The van der Waals surface area contributed by atoms with Gasteiger partial charge in [-0.3, -0.25) is 0 Å². The molecule has 0 radical (unpaired) electrons. The van der Waals surface area contributed by atoms with Crippen LogP contribution in [-0.4, -0.2) is 4.98 Å². The van der Waals surface area contributed by atoms with E-state index in [1.165, 1.54) is 28.1 Å². The van der Waals surface area contributed by atoms with Gasteiger partial charge in [-0.1, -0.05) is 32.9 Å². The van der Waals surface area contributed by atoms with Gasteiger partial charge in [0, 0.05) is 28.3 Å². The van der Waals surface area contributed by atoms with Crippen molar-refractivity contribution < 1.29 is 13.4 Å². The van der Waals surface area contributed by atoms with Gasteiger partial charge in [-0.2, -0.15) is 13.9 Å². The highest BCUT2D eigenvalue weighted by Crippen LogP contribution is 2.38. The number of aromatic nitrogens is 2. The minimum Gasteiger partial charge on any atom is -0.437 e. The number of pyridine rings is 2. The van der Waals surface area contributed by atoms with Crippen LogP contribution in [0.15, 0.2) is 52.9 Å². The first kappa shape index (κ1) is 20.6. The van der Waals surface area contributed by atoms with Crippen LogP contribution >= 0.6 is 0 Å². The van der Waals surface area contributed by atoms with Crippen molar-refractivity contribution in [1.82, 2.24) is 4.98 Å². The number of aryl methyl sites for hydroxylation is 2. The first-order chi connectivity index (χ1) is 15.1. The lowest BCUT2D eigenvalue weighted by Gasteiger charge is -2.19. The maximum atomic E-state index is 13.8. The zero-order valence-electron chi connectivity index (χ0n) is 19.5. The Morgan fingerprint density at radius 1 is 0.969 bits per heavy atom. The fourth-order valence-electron chi connectivity index (χ4n) is 4.77. The lowest BCUT2D eigenvalue weighted by molar-refractivity contribution is -0.633. The predicted octanol–water partition coefficient (Wildman–Crippen LogP) is 6.97. The topological polar surface area (TPSA) is 29.9 Å². The van der Waals surface area contributed by atoms with Gasteiger partial charge in [0.25, 0.3) is 0 Å². The third kappa shape index (κ3) is 3.26. The molecule has 0 unspecified atom stereocenters. The summed E-state index contributed by atoms with van der Waals surface area (Å²) in [5.74, 6) is -0.533. The minimum absolute atomic E-state index is 0.210. The number of hydrogen-bond acceptors (Lipinski definition) is 2. The molecule has 5 rings (SSSR count). The molecule has 3 nitrogen and oxygen atoms in total. The van der Waals surface area contributed by atoms with Crippen LogP contribution in [0.2, 0.25) is 0 Å². The summed E-state index contributed by atoms with van der Waals surface area (Å²) in [5.41, 5.74) is 8.25. The number of benzene rings is 2. The molecule has 3 aromatic heterocycles. The van der Waals surface area contributed by atoms with Crippen molar-refractivity contribution >= 4 is 33.0 Å². The van der Waals surface area contributed by atoms with E-state index in [0.29, 0.717) is 5.71 Å². The number of fused-ring (bicyclic) bond motifs is 4. The highest BCUT2D eigenvalue weighted by Gasteiger charge is 2.25. The fraction of sp³-hybridized carbons (Fsp3) is 0.286. The van der Waals surface area contributed by atoms with Gasteiger partial charge in [-0.15, -0.1) is 0 Å². The zero-order valence-corrected chi connectivity index (χ0v) is 19.5. The standard InChI is InChI=1S/C28H28FN2O/c1-16-14-21-20-11-13-24(29)30-27(20)32-26(21)25(17(16)2)23-12-10-19-18(15-28(3,4)5)8-7-9-22(19)31(23)6/h7-14H,15H2,1-6H3/q+1. The van der Waals surface area contributed by atoms with Crippen molar-refractivity contribution in [2.24, 2.45) is 12.5 Å². The average molecular weight is 428 g/mol. The molecular formula is C28H28FN2O+. The smallest absolute Gasteiger partial charge is 0.229 e. The van der Waals surface area contributed by atoms with E-state index in [2.05, 4.69) is 87.6 Å². The van der Waals surface area contributed by atoms with Gasteiger partial charge in [-0.25, -0.2) is 0 Å². The van der Waals surface area contributed by atoms with Gasteiger partial charge in [0.1, 0.15) is 7.05 Å². The van der Waals surface area contributed by atoms with Crippen LogP contribution in [-0.2, 0) is 13.5 Å². The average Bonchev–Trinajstić information content (AvgIpc) is 3.06. The Morgan fingerprint density at radius 2 is 1.72 bits per heavy atom. The molecule has 0 aliphatic rings. The van der Waals surface area contributed by atoms with Crippen molar-refractivity contribution in [3.63, 3.8) is 0 Å². The molecule has 0 bridgehead atoms. The predicted molar refractivity (Wildman–Crippen MR) is 128 cm³/mol. The van der Waals surface area contributed by atoms with Crippen LogP contribution in [0.5, 0.6) is 0 Å². The zero-order chi connectivity index (χ0) is 22.8. The van der Waals surface area contributed by atoms with Crippen LogP contribution in [0.1, 0.15) is 37.5 Å². The molecule has 0 fully saturated rings. The third-order valence-electron chi connectivity index (χ3n) is 6.40. The largest absolute Gasteiger partial charge is 0.437 e. The second-order valence-corrected chi connectivity index (χ2v) is 10.0. The second-order valence-electron chi connectivity index (χ2n) is 10.0. The lowest BCUT2D eigenvalue weighted by Crippen LogP contribution is -2.32. The molecule has 0 aliphatic heterocycles. The molecule has 162 valence electrons. The number of nitrogens with zero attached hydrogens (tertiary/aromatic N) is 2. The third-order valence-corrected chi connectivity index (χ3v) is 6.40. The SMILES string of the molecule is Cc1cc2c(oc3nc(F)ccc32)c(-c2ccc3c(CC(C)(C)C)cccc3[n+]2C)c1C. The van der Waals surface area contributed by atoms with Crippen molar-refractivity contribution in [2.45, 2.75) is 41.0 Å². The fourth-order valence-corrected chi connectivity index (χ4v) is 4.77. The van der Waals surface area contributed by atoms with E-state index in [4.69, 9.17) is 4.42 Å². The monoisotopic (exact) mass is 427 g/mol. The maximum absolute atomic E-state index is 13.8. The number of rotatable bonds is 2. The van der Waals surface area contributed by atoms with Gasteiger partial charge in [-0.05, 0) is 66.6 Å². The van der Waals surface area contributed by atoms with Crippen molar-refractivity contribution in [3.8, 4) is 11.3 Å². The first-order valence-electron chi connectivity index (χ1n) is 11.0. The Balaban J connectivity index is 1.82. The molecule has 0 saturated heterocycles. The second kappa shape index (κ2) is 7.13. The van der Waals surface area contributed by atoms with E-state index >= 15 is 0 Å². The Kier molecular flexibility index (Phi) is 4.59. The molecule has 32 heavy (non-hydrogen) atoms. The molecule has 5 aromatic rings. The minimum atomic E-state index is -0.533. The van der Waals surface area contributed by atoms with E-state index in [1.54, 1.807) is 6.07 Å². The summed E-state index contributed by atoms with van der Waals surface area (Å²) in [4.78, 5) is 3.98. The Morgan fingerprint density at radius 3 is 2.47 bits per heavy atom. The van der Waals surface area contributed by atoms with E-state index in [1.807, 2.05) is 0 Å². The van der Waals surface area contributed by atoms with Crippen LogP contribution in [0.3, 0.4) is 0 Å². The Hall–Kier alpha value is -3.27. The van der Waals surface area contributed by atoms with Gasteiger partial charge in [0.05, 0.1) is 5.56 Å². The summed E-state index contributed by atoms with van der Waals surface area (Å²) in [6.45, 7) is 11.0. The van der Waals surface area contributed by atoms with Gasteiger partial charge in [0.2, 0.25) is 22.9 Å². The van der Waals surface area contributed by atoms with Crippen molar-refractivity contribution in [1.29, 1.82) is 0 Å². The van der Waals surface area contributed by atoms with Crippen LogP contribution in [0, 0.1) is 25.2 Å². The molecule has 3 heterocycles. The van der Waals surface area contributed by atoms with Crippen LogP contribution in [0.4, 0.5) is 4.39 Å². The lowest BCUT2D eigenvalue weighted by atomic mass is 9.86. The molecule has 2 aromatic carbocycles. The Labute approximate surface area is 187 Å². The molecule has 4 heteroatoms. The summed E-state index contributed by atoms with van der Waals surface area (Å²) < 4.78 is 22.2. The summed E-state index contributed by atoms with van der Waals surface area (Å²) in [6.07, 6.45) is 1.01.